The Morgan fingerprint density at radius 3 is 2.85 bits per heavy atom. The predicted molar refractivity (Wildman–Crippen MR) is 74.9 cm³/mol. The maximum atomic E-state index is 12.5. The SMILES string of the molecule is CCCN(C(=O)c1c[nH]c(=O)[nH]c1=O)C1CCCNC1. The van der Waals surface area contributed by atoms with Gasteiger partial charge in [-0.05, 0) is 25.8 Å². The highest BCUT2D eigenvalue weighted by Gasteiger charge is 2.27. The van der Waals surface area contributed by atoms with E-state index in [9.17, 15) is 14.4 Å². The molecule has 1 aliphatic heterocycles. The zero-order chi connectivity index (χ0) is 14.5. The lowest BCUT2D eigenvalue weighted by Crippen LogP contribution is -2.50. The fraction of sp³-hybridized carbons (Fsp3) is 0.615. The number of nitrogens with one attached hydrogen (secondary N) is 3. The third-order valence-corrected chi connectivity index (χ3v) is 3.49. The van der Waals surface area contributed by atoms with E-state index in [-0.39, 0.29) is 17.5 Å². The molecule has 1 saturated heterocycles. The number of rotatable bonds is 4. The van der Waals surface area contributed by atoms with Crippen molar-refractivity contribution in [3.05, 3.63) is 32.6 Å². The van der Waals surface area contributed by atoms with E-state index in [0.717, 1.165) is 32.4 Å². The number of amides is 1. The standard InChI is InChI=1S/C13H20N4O3/c1-2-6-17(9-4-3-5-14-7-9)12(19)10-8-15-13(20)16-11(10)18/h8-9,14H,2-7H2,1H3,(H2,15,16,18,20). The van der Waals surface area contributed by atoms with E-state index >= 15 is 0 Å². The maximum Gasteiger partial charge on any atom is 0.325 e. The summed E-state index contributed by atoms with van der Waals surface area (Å²) in [6.07, 6.45) is 3.96. The second-order valence-electron chi connectivity index (χ2n) is 4.98. The van der Waals surface area contributed by atoms with E-state index in [1.165, 1.54) is 6.20 Å². The van der Waals surface area contributed by atoms with Crippen molar-refractivity contribution in [2.75, 3.05) is 19.6 Å². The van der Waals surface area contributed by atoms with Gasteiger partial charge in [0.25, 0.3) is 11.5 Å². The van der Waals surface area contributed by atoms with Crippen molar-refractivity contribution in [1.82, 2.24) is 20.2 Å². The Morgan fingerprint density at radius 2 is 2.25 bits per heavy atom. The van der Waals surface area contributed by atoms with Gasteiger partial charge < -0.3 is 15.2 Å². The molecule has 0 aromatic carbocycles. The molecule has 20 heavy (non-hydrogen) atoms. The second-order valence-corrected chi connectivity index (χ2v) is 4.98. The number of carbonyl (C=O) groups is 1. The molecule has 0 saturated carbocycles. The lowest BCUT2D eigenvalue weighted by molar-refractivity contribution is 0.0646. The molecule has 1 fully saturated rings. The average molecular weight is 280 g/mol. The summed E-state index contributed by atoms with van der Waals surface area (Å²) in [5.41, 5.74) is -1.25. The maximum absolute atomic E-state index is 12.5. The molecule has 1 aromatic heterocycles. The largest absolute Gasteiger partial charge is 0.334 e. The van der Waals surface area contributed by atoms with Crippen LogP contribution in [0, 0.1) is 0 Å². The second kappa shape index (κ2) is 6.51. The van der Waals surface area contributed by atoms with Gasteiger partial charge in [0.05, 0.1) is 0 Å². The zero-order valence-corrected chi connectivity index (χ0v) is 11.6. The first kappa shape index (κ1) is 14.5. The summed E-state index contributed by atoms with van der Waals surface area (Å²) < 4.78 is 0. The Balaban J connectivity index is 2.25. The van der Waals surface area contributed by atoms with Gasteiger partial charge in [0, 0.05) is 25.3 Å². The van der Waals surface area contributed by atoms with Gasteiger partial charge in [-0.1, -0.05) is 6.92 Å². The monoisotopic (exact) mass is 280 g/mol. The molecule has 1 atom stereocenters. The van der Waals surface area contributed by atoms with Crippen molar-refractivity contribution >= 4 is 5.91 Å². The molecule has 1 aromatic rings. The molecule has 0 radical (unpaired) electrons. The Bertz CT molecular complexity index is 571. The Hall–Kier alpha value is -1.89. The number of aromatic amines is 2. The van der Waals surface area contributed by atoms with Crippen molar-refractivity contribution in [3.8, 4) is 0 Å². The fourth-order valence-electron chi connectivity index (χ4n) is 2.51. The van der Waals surface area contributed by atoms with E-state index in [0.29, 0.717) is 6.54 Å². The summed E-state index contributed by atoms with van der Waals surface area (Å²) in [7, 11) is 0. The van der Waals surface area contributed by atoms with Gasteiger partial charge in [-0.2, -0.15) is 0 Å². The fourth-order valence-corrected chi connectivity index (χ4v) is 2.51. The van der Waals surface area contributed by atoms with Gasteiger partial charge in [-0.3, -0.25) is 14.6 Å². The summed E-state index contributed by atoms with van der Waals surface area (Å²) in [6, 6.07) is 0.0996. The first-order valence-electron chi connectivity index (χ1n) is 6.97. The van der Waals surface area contributed by atoms with Crippen LogP contribution in [-0.2, 0) is 0 Å². The molecule has 1 unspecified atom stereocenters. The molecule has 0 aliphatic carbocycles. The average Bonchev–Trinajstić information content (AvgIpc) is 2.45. The van der Waals surface area contributed by atoms with Crippen LogP contribution in [0.1, 0.15) is 36.5 Å². The summed E-state index contributed by atoms with van der Waals surface area (Å²) in [4.78, 5) is 41.4. The highest BCUT2D eigenvalue weighted by molar-refractivity contribution is 5.93. The van der Waals surface area contributed by atoms with E-state index < -0.39 is 11.2 Å². The van der Waals surface area contributed by atoms with Crippen molar-refractivity contribution < 1.29 is 4.79 Å². The minimum absolute atomic E-state index is 0.0105. The van der Waals surface area contributed by atoms with Crippen molar-refractivity contribution in [3.63, 3.8) is 0 Å². The number of carbonyl (C=O) groups excluding carboxylic acids is 1. The zero-order valence-electron chi connectivity index (χ0n) is 11.6. The molecular formula is C13H20N4O3. The highest BCUT2D eigenvalue weighted by Crippen LogP contribution is 2.13. The van der Waals surface area contributed by atoms with Gasteiger partial charge in [-0.15, -0.1) is 0 Å². The van der Waals surface area contributed by atoms with E-state index in [4.69, 9.17) is 0 Å². The first-order chi connectivity index (χ1) is 9.63. The number of hydrogen-bond acceptors (Lipinski definition) is 4. The van der Waals surface area contributed by atoms with Crippen LogP contribution in [0.5, 0.6) is 0 Å². The third kappa shape index (κ3) is 3.16. The molecular weight excluding hydrogens is 260 g/mol. The first-order valence-corrected chi connectivity index (χ1v) is 6.97. The van der Waals surface area contributed by atoms with Crippen molar-refractivity contribution in [2.45, 2.75) is 32.2 Å². The van der Waals surface area contributed by atoms with Crippen LogP contribution in [0.25, 0.3) is 0 Å². The molecule has 1 aliphatic rings. The Morgan fingerprint density at radius 1 is 1.45 bits per heavy atom. The Labute approximate surface area is 116 Å². The van der Waals surface area contributed by atoms with Crippen LogP contribution in [0.4, 0.5) is 0 Å². The van der Waals surface area contributed by atoms with Crippen LogP contribution in [0.3, 0.4) is 0 Å². The topological polar surface area (TPSA) is 98.1 Å². The van der Waals surface area contributed by atoms with Gasteiger partial charge in [0.15, 0.2) is 0 Å². The summed E-state index contributed by atoms with van der Waals surface area (Å²) in [5, 5.41) is 3.27. The van der Waals surface area contributed by atoms with Crippen LogP contribution in [-0.4, -0.2) is 46.5 Å². The van der Waals surface area contributed by atoms with E-state index in [1.54, 1.807) is 4.90 Å². The molecule has 7 heteroatoms. The number of H-pyrrole nitrogens is 2. The number of aromatic nitrogens is 2. The predicted octanol–water partition coefficient (Wildman–Crippen LogP) is -0.333. The minimum atomic E-state index is -0.636. The highest BCUT2D eigenvalue weighted by atomic mass is 16.2. The molecule has 3 N–H and O–H groups in total. The molecule has 0 bridgehead atoms. The molecule has 0 spiro atoms. The van der Waals surface area contributed by atoms with Crippen LogP contribution in [0.15, 0.2) is 15.8 Å². The van der Waals surface area contributed by atoms with Gasteiger partial charge in [-0.25, -0.2) is 4.79 Å². The van der Waals surface area contributed by atoms with Gasteiger partial charge in [0.2, 0.25) is 0 Å². The summed E-state index contributed by atoms with van der Waals surface area (Å²) >= 11 is 0. The smallest absolute Gasteiger partial charge is 0.325 e. The molecule has 110 valence electrons. The number of nitrogens with zero attached hydrogens (tertiary/aromatic N) is 1. The van der Waals surface area contributed by atoms with E-state index in [2.05, 4.69) is 15.3 Å². The van der Waals surface area contributed by atoms with Crippen molar-refractivity contribution in [1.29, 1.82) is 0 Å². The summed E-state index contributed by atoms with van der Waals surface area (Å²) in [6.45, 7) is 4.30. The molecule has 2 rings (SSSR count). The van der Waals surface area contributed by atoms with Gasteiger partial charge >= 0.3 is 5.69 Å². The van der Waals surface area contributed by atoms with Crippen LogP contribution < -0.4 is 16.6 Å². The lowest BCUT2D eigenvalue weighted by atomic mass is 10.0. The Kier molecular flexibility index (Phi) is 4.73. The van der Waals surface area contributed by atoms with E-state index in [1.807, 2.05) is 6.92 Å². The minimum Gasteiger partial charge on any atom is -0.334 e. The number of hydrogen-bond donors (Lipinski definition) is 3. The number of piperidine rings is 1. The normalized spacial score (nSPS) is 18.8. The van der Waals surface area contributed by atoms with Crippen molar-refractivity contribution in [2.24, 2.45) is 0 Å². The quantitative estimate of drug-likeness (QED) is 0.703. The molecule has 1 amide bonds. The lowest BCUT2D eigenvalue weighted by Gasteiger charge is -2.34. The van der Waals surface area contributed by atoms with Crippen LogP contribution >= 0.6 is 0 Å². The van der Waals surface area contributed by atoms with Crippen LogP contribution in [0.2, 0.25) is 0 Å². The summed E-state index contributed by atoms with van der Waals surface area (Å²) in [5.74, 6) is -0.321. The molecule has 2 heterocycles. The molecule has 7 nitrogen and oxygen atoms in total. The van der Waals surface area contributed by atoms with Gasteiger partial charge in [0.1, 0.15) is 5.56 Å². The third-order valence-electron chi connectivity index (χ3n) is 3.49.